The van der Waals surface area contributed by atoms with Crippen LogP contribution in [0.2, 0.25) is 5.02 Å². The highest BCUT2D eigenvalue weighted by Crippen LogP contribution is 2.28. The molecule has 0 aliphatic carbocycles. The van der Waals surface area contributed by atoms with Gasteiger partial charge in [0.05, 0.1) is 10.7 Å². The van der Waals surface area contributed by atoms with Gasteiger partial charge in [0.15, 0.2) is 5.75 Å². The van der Waals surface area contributed by atoms with Gasteiger partial charge in [0.2, 0.25) is 0 Å². The lowest BCUT2D eigenvalue weighted by atomic mass is 10.1. The molecule has 0 radical (unpaired) electrons. The molecule has 27 heavy (non-hydrogen) atoms. The highest BCUT2D eigenvalue weighted by Gasteiger charge is 2.17. The van der Waals surface area contributed by atoms with Gasteiger partial charge in [-0.05, 0) is 73.0 Å². The van der Waals surface area contributed by atoms with Crippen LogP contribution >= 0.6 is 11.6 Å². The topological polar surface area (TPSA) is 55.7 Å². The van der Waals surface area contributed by atoms with E-state index in [1.807, 2.05) is 32.0 Å². The van der Waals surface area contributed by atoms with Gasteiger partial charge in [-0.1, -0.05) is 35.9 Å². The van der Waals surface area contributed by atoms with Crippen molar-refractivity contribution in [1.82, 2.24) is 0 Å². The molecule has 0 atom stereocenters. The van der Waals surface area contributed by atoms with Gasteiger partial charge in [-0.3, -0.25) is 4.99 Å². The first-order valence-corrected chi connectivity index (χ1v) is 10.0. The zero-order valence-corrected chi connectivity index (χ0v) is 16.5. The smallest absolute Gasteiger partial charge is 0.339 e. The van der Waals surface area contributed by atoms with E-state index in [1.165, 1.54) is 23.8 Å². The Bertz CT molecular complexity index is 1090. The Morgan fingerprint density at radius 1 is 0.926 bits per heavy atom. The summed E-state index contributed by atoms with van der Waals surface area (Å²) in [5, 5.41) is 0.193. The number of aliphatic imine (C=N–C) groups is 1. The van der Waals surface area contributed by atoms with E-state index in [1.54, 1.807) is 36.5 Å². The molecule has 0 heterocycles. The van der Waals surface area contributed by atoms with E-state index in [9.17, 15) is 8.42 Å². The summed E-state index contributed by atoms with van der Waals surface area (Å²) in [7, 11) is -3.93. The maximum Gasteiger partial charge on any atom is 0.339 e. The van der Waals surface area contributed by atoms with Crippen LogP contribution < -0.4 is 4.18 Å². The molecule has 0 bridgehead atoms. The van der Waals surface area contributed by atoms with Crippen molar-refractivity contribution < 1.29 is 12.6 Å². The van der Waals surface area contributed by atoms with Gasteiger partial charge in [0.1, 0.15) is 4.90 Å². The molecule has 0 fully saturated rings. The second-order valence-corrected chi connectivity index (χ2v) is 8.02. The average Bonchev–Trinajstić information content (AvgIpc) is 2.65. The molecular formula is C21H18ClNO3S. The van der Waals surface area contributed by atoms with Gasteiger partial charge in [-0.15, -0.1) is 0 Å². The van der Waals surface area contributed by atoms with Gasteiger partial charge in [0.25, 0.3) is 0 Å². The SMILES string of the molecule is Cc1ccc(N=Cc2ccc(OS(=O)(=O)c3ccccc3)c(Cl)c2)cc1C. The normalized spacial score (nSPS) is 11.7. The fourth-order valence-electron chi connectivity index (χ4n) is 2.37. The number of hydrogen-bond donors (Lipinski definition) is 0. The van der Waals surface area contributed by atoms with E-state index in [0.717, 1.165) is 16.8 Å². The first-order valence-electron chi connectivity index (χ1n) is 8.25. The van der Waals surface area contributed by atoms with Crippen molar-refractivity contribution in [2.75, 3.05) is 0 Å². The van der Waals surface area contributed by atoms with E-state index in [4.69, 9.17) is 15.8 Å². The molecule has 0 saturated carbocycles. The lowest BCUT2D eigenvalue weighted by Crippen LogP contribution is -2.09. The summed E-state index contributed by atoms with van der Waals surface area (Å²) in [5.74, 6) is 0.0730. The monoisotopic (exact) mass is 399 g/mol. The standard InChI is InChI=1S/C21H18ClNO3S/c1-15-8-10-18(12-16(15)2)23-14-17-9-11-21(20(22)13-17)26-27(24,25)19-6-4-3-5-7-19/h3-14H,1-2H3. The van der Waals surface area contributed by atoms with Crippen molar-refractivity contribution >= 4 is 33.6 Å². The third kappa shape index (κ3) is 4.76. The summed E-state index contributed by atoms with van der Waals surface area (Å²) in [6, 6.07) is 18.7. The molecule has 0 aliphatic rings. The van der Waals surface area contributed by atoms with Crippen LogP contribution in [0, 0.1) is 13.8 Å². The minimum atomic E-state index is -3.93. The third-order valence-corrected chi connectivity index (χ3v) is 5.58. The molecule has 0 amide bonds. The lowest BCUT2D eigenvalue weighted by molar-refractivity contribution is 0.486. The molecule has 0 unspecified atom stereocenters. The Hall–Kier alpha value is -2.63. The molecule has 3 rings (SSSR count). The molecule has 6 heteroatoms. The van der Waals surface area contributed by atoms with Crippen LogP contribution in [-0.2, 0) is 10.1 Å². The Morgan fingerprint density at radius 2 is 1.67 bits per heavy atom. The summed E-state index contributed by atoms with van der Waals surface area (Å²) < 4.78 is 29.8. The van der Waals surface area contributed by atoms with Gasteiger partial charge in [0, 0.05) is 6.21 Å². The summed E-state index contributed by atoms with van der Waals surface area (Å²) >= 11 is 6.20. The van der Waals surface area contributed by atoms with Crippen molar-refractivity contribution in [3.63, 3.8) is 0 Å². The number of aryl methyl sites for hydroxylation is 2. The molecule has 0 aliphatic heterocycles. The van der Waals surface area contributed by atoms with Crippen LogP contribution in [0.4, 0.5) is 5.69 Å². The highest BCUT2D eigenvalue weighted by atomic mass is 35.5. The third-order valence-electron chi connectivity index (χ3n) is 4.04. The van der Waals surface area contributed by atoms with Crippen LogP contribution in [0.25, 0.3) is 0 Å². The van der Waals surface area contributed by atoms with Crippen LogP contribution in [0.5, 0.6) is 5.75 Å². The summed E-state index contributed by atoms with van der Waals surface area (Å²) in [6.45, 7) is 4.08. The van der Waals surface area contributed by atoms with Crippen molar-refractivity contribution in [3.8, 4) is 5.75 Å². The minimum absolute atomic E-state index is 0.0708. The van der Waals surface area contributed by atoms with E-state index in [2.05, 4.69) is 4.99 Å². The number of nitrogens with zero attached hydrogens (tertiary/aromatic N) is 1. The van der Waals surface area contributed by atoms with Crippen molar-refractivity contribution in [2.24, 2.45) is 4.99 Å². The second-order valence-electron chi connectivity index (χ2n) is 6.07. The Labute approximate surface area is 164 Å². The zero-order valence-electron chi connectivity index (χ0n) is 14.9. The Morgan fingerprint density at radius 3 is 2.33 bits per heavy atom. The fraction of sp³-hybridized carbons (Fsp3) is 0.0952. The van der Waals surface area contributed by atoms with Crippen molar-refractivity contribution in [3.05, 3.63) is 88.4 Å². The summed E-state index contributed by atoms with van der Waals surface area (Å²) in [6.07, 6.45) is 1.67. The first-order chi connectivity index (χ1) is 12.8. The summed E-state index contributed by atoms with van der Waals surface area (Å²) in [5.41, 5.74) is 3.94. The fourth-order valence-corrected chi connectivity index (χ4v) is 3.62. The molecule has 4 nitrogen and oxygen atoms in total. The number of rotatable bonds is 5. The van der Waals surface area contributed by atoms with Gasteiger partial charge < -0.3 is 4.18 Å². The predicted molar refractivity (Wildman–Crippen MR) is 109 cm³/mol. The molecule has 0 N–H and O–H groups in total. The molecular weight excluding hydrogens is 382 g/mol. The van der Waals surface area contributed by atoms with Crippen LogP contribution in [0.3, 0.4) is 0 Å². The molecule has 0 aromatic heterocycles. The maximum absolute atomic E-state index is 12.3. The van der Waals surface area contributed by atoms with Gasteiger partial charge in [-0.2, -0.15) is 8.42 Å². The Balaban J connectivity index is 1.79. The minimum Gasteiger partial charge on any atom is -0.377 e. The van der Waals surface area contributed by atoms with Crippen molar-refractivity contribution in [2.45, 2.75) is 18.7 Å². The molecule has 138 valence electrons. The molecule has 0 spiro atoms. The van der Waals surface area contributed by atoms with E-state index in [0.29, 0.717) is 0 Å². The average molecular weight is 400 g/mol. The molecule has 3 aromatic rings. The van der Waals surface area contributed by atoms with E-state index in [-0.39, 0.29) is 15.7 Å². The quantitative estimate of drug-likeness (QED) is 0.422. The Kier molecular flexibility index (Phi) is 5.63. The van der Waals surface area contributed by atoms with Gasteiger partial charge >= 0.3 is 10.1 Å². The zero-order chi connectivity index (χ0) is 19.4. The lowest BCUT2D eigenvalue weighted by Gasteiger charge is -2.09. The number of hydrogen-bond acceptors (Lipinski definition) is 4. The highest BCUT2D eigenvalue weighted by molar-refractivity contribution is 7.87. The maximum atomic E-state index is 12.3. The van der Waals surface area contributed by atoms with Crippen LogP contribution in [0.1, 0.15) is 16.7 Å². The molecule has 0 saturated heterocycles. The predicted octanol–water partition coefficient (Wildman–Crippen LogP) is 5.48. The van der Waals surface area contributed by atoms with Crippen LogP contribution in [-0.4, -0.2) is 14.6 Å². The van der Waals surface area contributed by atoms with E-state index >= 15 is 0 Å². The first kappa shape index (κ1) is 19.1. The largest absolute Gasteiger partial charge is 0.377 e. The number of benzene rings is 3. The number of halogens is 1. The molecule has 3 aromatic carbocycles. The van der Waals surface area contributed by atoms with Crippen molar-refractivity contribution in [1.29, 1.82) is 0 Å². The second kappa shape index (κ2) is 7.94. The summed E-state index contributed by atoms with van der Waals surface area (Å²) in [4.78, 5) is 4.50. The van der Waals surface area contributed by atoms with Crippen LogP contribution in [0.15, 0.2) is 76.6 Å². The van der Waals surface area contributed by atoms with Gasteiger partial charge in [-0.25, -0.2) is 0 Å². The van der Waals surface area contributed by atoms with E-state index < -0.39 is 10.1 Å².